The van der Waals surface area contributed by atoms with Crippen molar-refractivity contribution in [1.82, 2.24) is 4.98 Å². The lowest BCUT2D eigenvalue weighted by molar-refractivity contribution is -0.140. The molecule has 0 unspecified atom stereocenters. The Morgan fingerprint density at radius 2 is 1.50 bits per heavy atom. The van der Waals surface area contributed by atoms with Crippen molar-refractivity contribution in [3.05, 3.63) is 64.8 Å². The summed E-state index contributed by atoms with van der Waals surface area (Å²) in [6.45, 7) is 0. The summed E-state index contributed by atoms with van der Waals surface area (Å²) in [6, 6.07) is 9.49. The number of hydrogen-bond acceptors (Lipinski definition) is 2. The zero-order valence-electron chi connectivity index (χ0n) is 12.7. The highest BCUT2D eigenvalue weighted by Crippen LogP contribution is 2.37. The average Bonchev–Trinajstić information content (AvgIpc) is 2.54. The van der Waals surface area contributed by atoms with Crippen LogP contribution in [0.1, 0.15) is 11.3 Å². The van der Waals surface area contributed by atoms with Crippen LogP contribution in [0.2, 0.25) is 5.02 Å². The van der Waals surface area contributed by atoms with Crippen LogP contribution in [0.5, 0.6) is 0 Å². The summed E-state index contributed by atoms with van der Waals surface area (Å²) in [6.07, 6.45) is -9.51. The second-order valence-corrected chi connectivity index (χ2v) is 5.79. The zero-order chi connectivity index (χ0) is 19.1. The molecule has 9 heteroatoms. The highest BCUT2D eigenvalue weighted by Gasteiger charge is 2.35. The van der Waals surface area contributed by atoms with Gasteiger partial charge in [-0.2, -0.15) is 26.3 Å². The van der Waals surface area contributed by atoms with E-state index in [4.69, 9.17) is 11.6 Å². The van der Waals surface area contributed by atoms with Crippen LogP contribution >= 0.6 is 11.6 Å². The predicted octanol–water partition coefficient (Wildman–Crippen LogP) is 6.67. The molecule has 1 heterocycles. The molecule has 0 atom stereocenters. The van der Waals surface area contributed by atoms with Crippen LogP contribution in [0.15, 0.2) is 48.5 Å². The van der Waals surface area contributed by atoms with E-state index in [0.29, 0.717) is 11.8 Å². The van der Waals surface area contributed by atoms with E-state index in [0.717, 1.165) is 18.2 Å². The largest absolute Gasteiger partial charge is 0.433 e. The molecule has 0 fully saturated rings. The summed E-state index contributed by atoms with van der Waals surface area (Å²) >= 11 is 5.99. The molecule has 3 rings (SSSR count). The lowest BCUT2D eigenvalue weighted by Gasteiger charge is -2.15. The minimum Gasteiger partial charge on any atom is -0.354 e. The lowest BCUT2D eigenvalue weighted by Crippen LogP contribution is -2.10. The van der Waals surface area contributed by atoms with Crippen LogP contribution in [0.3, 0.4) is 0 Å². The Morgan fingerprint density at radius 3 is 2.12 bits per heavy atom. The third kappa shape index (κ3) is 3.70. The molecule has 0 radical (unpaired) electrons. The molecule has 136 valence electrons. The molecular weight excluding hydrogens is 382 g/mol. The van der Waals surface area contributed by atoms with Gasteiger partial charge in [-0.3, -0.25) is 0 Å². The SMILES string of the molecule is FC(F)(F)c1ccc2c(Nc3ccccc3Cl)cc(C(F)(F)F)nc2c1. The molecule has 0 aliphatic carbocycles. The van der Waals surface area contributed by atoms with Gasteiger partial charge in [0.1, 0.15) is 5.69 Å². The number of aromatic nitrogens is 1. The Hall–Kier alpha value is -2.48. The van der Waals surface area contributed by atoms with E-state index in [2.05, 4.69) is 10.3 Å². The maximum atomic E-state index is 13.1. The number of nitrogens with one attached hydrogen (secondary N) is 1. The van der Waals surface area contributed by atoms with Gasteiger partial charge < -0.3 is 5.32 Å². The maximum Gasteiger partial charge on any atom is 0.433 e. The number of halogens is 7. The first-order valence-electron chi connectivity index (χ1n) is 7.16. The quantitative estimate of drug-likeness (QED) is 0.494. The van der Waals surface area contributed by atoms with Crippen LogP contribution in [0.4, 0.5) is 37.7 Å². The molecule has 0 aliphatic heterocycles. The number of alkyl halides is 6. The van der Waals surface area contributed by atoms with Gasteiger partial charge >= 0.3 is 12.4 Å². The van der Waals surface area contributed by atoms with E-state index in [-0.39, 0.29) is 16.1 Å². The van der Waals surface area contributed by atoms with Gasteiger partial charge in [0.05, 0.1) is 27.5 Å². The van der Waals surface area contributed by atoms with Gasteiger partial charge in [0.2, 0.25) is 0 Å². The third-order valence-electron chi connectivity index (χ3n) is 3.57. The molecule has 3 aromatic rings. The minimum absolute atomic E-state index is 0.0517. The van der Waals surface area contributed by atoms with Gasteiger partial charge in [-0.05, 0) is 30.3 Å². The predicted molar refractivity (Wildman–Crippen MR) is 86.5 cm³/mol. The van der Waals surface area contributed by atoms with Crippen molar-refractivity contribution in [3.63, 3.8) is 0 Å². The molecule has 0 saturated carbocycles. The van der Waals surface area contributed by atoms with Gasteiger partial charge in [-0.15, -0.1) is 0 Å². The number of benzene rings is 2. The molecule has 0 amide bonds. The van der Waals surface area contributed by atoms with Crippen LogP contribution < -0.4 is 5.32 Å². The van der Waals surface area contributed by atoms with Crippen molar-refractivity contribution in [2.75, 3.05) is 5.32 Å². The van der Waals surface area contributed by atoms with Gasteiger partial charge in [-0.25, -0.2) is 4.98 Å². The number of pyridine rings is 1. The van der Waals surface area contributed by atoms with E-state index in [1.807, 2.05) is 0 Å². The molecule has 0 bridgehead atoms. The van der Waals surface area contributed by atoms with Gasteiger partial charge in [0.15, 0.2) is 0 Å². The number of hydrogen-bond donors (Lipinski definition) is 1. The molecule has 2 aromatic carbocycles. The zero-order valence-corrected chi connectivity index (χ0v) is 13.5. The van der Waals surface area contributed by atoms with Crippen molar-refractivity contribution in [2.24, 2.45) is 0 Å². The van der Waals surface area contributed by atoms with Crippen molar-refractivity contribution in [2.45, 2.75) is 12.4 Å². The second kappa shape index (κ2) is 6.35. The summed E-state index contributed by atoms with van der Waals surface area (Å²) < 4.78 is 77.9. The molecule has 1 N–H and O–H groups in total. The first-order chi connectivity index (χ1) is 12.1. The van der Waals surface area contributed by atoms with Crippen LogP contribution in [-0.2, 0) is 12.4 Å². The van der Waals surface area contributed by atoms with Gasteiger partial charge in [0, 0.05) is 5.39 Å². The normalized spacial score (nSPS) is 12.4. The third-order valence-corrected chi connectivity index (χ3v) is 3.90. The Bertz CT molecular complexity index is 960. The Kier molecular flexibility index (Phi) is 4.47. The molecular formula is C17H9ClF6N2. The summed E-state index contributed by atoms with van der Waals surface area (Å²) in [5.74, 6) is 0. The summed E-state index contributed by atoms with van der Waals surface area (Å²) in [4.78, 5) is 3.35. The monoisotopic (exact) mass is 390 g/mol. The fourth-order valence-electron chi connectivity index (χ4n) is 2.36. The molecule has 0 aliphatic rings. The Balaban J connectivity index is 2.21. The number of rotatable bonds is 2. The number of para-hydroxylation sites is 1. The number of fused-ring (bicyclic) bond motifs is 1. The van der Waals surface area contributed by atoms with E-state index < -0.39 is 29.1 Å². The van der Waals surface area contributed by atoms with Gasteiger partial charge in [0.25, 0.3) is 0 Å². The molecule has 0 saturated heterocycles. The lowest BCUT2D eigenvalue weighted by atomic mass is 10.1. The minimum atomic E-state index is -4.82. The van der Waals surface area contributed by atoms with Crippen molar-refractivity contribution < 1.29 is 26.3 Å². The first-order valence-corrected chi connectivity index (χ1v) is 7.54. The highest BCUT2D eigenvalue weighted by molar-refractivity contribution is 6.33. The topological polar surface area (TPSA) is 24.9 Å². The van der Waals surface area contributed by atoms with Crippen molar-refractivity contribution >= 4 is 33.9 Å². The molecule has 1 aromatic heterocycles. The van der Waals surface area contributed by atoms with Crippen molar-refractivity contribution in [3.8, 4) is 0 Å². The number of anilines is 2. The van der Waals surface area contributed by atoms with Crippen LogP contribution in [0.25, 0.3) is 10.9 Å². The second-order valence-electron chi connectivity index (χ2n) is 5.39. The van der Waals surface area contributed by atoms with E-state index in [1.165, 1.54) is 12.1 Å². The van der Waals surface area contributed by atoms with Crippen molar-refractivity contribution in [1.29, 1.82) is 0 Å². The van der Waals surface area contributed by atoms with E-state index in [1.54, 1.807) is 12.1 Å². The van der Waals surface area contributed by atoms with Crippen LogP contribution in [-0.4, -0.2) is 4.98 Å². The fourth-order valence-corrected chi connectivity index (χ4v) is 2.54. The Labute approximate surface area is 148 Å². The van der Waals surface area contributed by atoms with Crippen LogP contribution in [0, 0.1) is 0 Å². The summed E-state index contributed by atoms with van der Waals surface area (Å²) in [5, 5.41) is 3.08. The maximum absolute atomic E-state index is 13.1. The summed E-state index contributed by atoms with van der Waals surface area (Å²) in [5.41, 5.74) is -2.55. The fraction of sp³-hybridized carbons (Fsp3) is 0.118. The number of nitrogens with zero attached hydrogens (tertiary/aromatic N) is 1. The Morgan fingerprint density at radius 1 is 0.808 bits per heavy atom. The summed E-state index contributed by atoms with van der Waals surface area (Å²) in [7, 11) is 0. The highest BCUT2D eigenvalue weighted by atomic mass is 35.5. The molecule has 26 heavy (non-hydrogen) atoms. The molecule has 2 nitrogen and oxygen atoms in total. The van der Waals surface area contributed by atoms with E-state index >= 15 is 0 Å². The molecule has 0 spiro atoms. The average molecular weight is 391 g/mol. The van der Waals surface area contributed by atoms with Gasteiger partial charge in [-0.1, -0.05) is 29.8 Å². The standard InChI is InChI=1S/C17H9ClF6N2/c18-11-3-1-2-4-12(11)25-14-8-15(17(22,23)24)26-13-7-9(16(19,20)21)5-6-10(13)14/h1-8H,(H,25,26). The first kappa shape index (κ1) is 18.3. The smallest absolute Gasteiger partial charge is 0.354 e. The van der Waals surface area contributed by atoms with E-state index in [9.17, 15) is 26.3 Å².